The van der Waals surface area contributed by atoms with E-state index in [2.05, 4.69) is 19.9 Å². The van der Waals surface area contributed by atoms with Crippen molar-refractivity contribution < 1.29 is 0 Å². The van der Waals surface area contributed by atoms with Gasteiger partial charge in [0.2, 0.25) is 5.78 Å². The lowest BCUT2D eigenvalue weighted by molar-refractivity contribution is 0.667. The van der Waals surface area contributed by atoms with Crippen molar-refractivity contribution in [1.82, 2.24) is 23.1 Å². The summed E-state index contributed by atoms with van der Waals surface area (Å²) >= 11 is 0. The smallest absolute Gasteiger partial charge is 0.283 e. The van der Waals surface area contributed by atoms with Gasteiger partial charge in [-0.3, -0.25) is 22.9 Å². The second-order valence-electron chi connectivity index (χ2n) is 8.35. The van der Waals surface area contributed by atoms with Crippen molar-refractivity contribution in [3.05, 3.63) is 104 Å². The van der Waals surface area contributed by atoms with Gasteiger partial charge in [-0.1, -0.05) is 54.6 Å². The first kappa shape index (κ1) is 20.8. The molecular formula is C26H25N5O2. The fourth-order valence-corrected chi connectivity index (χ4v) is 4.31. The molecule has 5 aromatic rings. The molecule has 0 amide bonds. The summed E-state index contributed by atoms with van der Waals surface area (Å²) in [4.78, 5) is 31.2. The molecule has 3 heterocycles. The van der Waals surface area contributed by atoms with E-state index in [0.29, 0.717) is 16.9 Å². The van der Waals surface area contributed by atoms with Crippen molar-refractivity contribution in [3.63, 3.8) is 0 Å². The summed E-state index contributed by atoms with van der Waals surface area (Å²) in [7, 11) is 1.66. The van der Waals surface area contributed by atoms with Gasteiger partial charge in [-0.05, 0) is 43.5 Å². The third kappa shape index (κ3) is 3.24. The molecule has 5 rings (SSSR count). The third-order valence-electron chi connectivity index (χ3n) is 6.24. The fourth-order valence-electron chi connectivity index (χ4n) is 4.31. The van der Waals surface area contributed by atoms with Crippen molar-refractivity contribution >= 4 is 23.0 Å². The number of aromatic nitrogens is 5. The van der Waals surface area contributed by atoms with Crippen molar-refractivity contribution in [2.24, 2.45) is 7.05 Å². The molecule has 0 aliphatic heterocycles. The van der Waals surface area contributed by atoms with Gasteiger partial charge in [-0.2, -0.15) is 4.98 Å². The second kappa shape index (κ2) is 7.78. The van der Waals surface area contributed by atoms with Crippen LogP contribution < -0.4 is 11.2 Å². The largest absolute Gasteiger partial charge is 0.332 e. The summed E-state index contributed by atoms with van der Waals surface area (Å²) in [6.45, 7) is 6.32. The Balaban J connectivity index is 1.71. The lowest BCUT2D eigenvalue weighted by Crippen LogP contribution is -2.39. The summed E-state index contributed by atoms with van der Waals surface area (Å²) in [5, 5.41) is 0. The quantitative estimate of drug-likeness (QED) is 0.428. The second-order valence-corrected chi connectivity index (χ2v) is 8.35. The van der Waals surface area contributed by atoms with Crippen LogP contribution >= 0.6 is 0 Å². The molecular weight excluding hydrogens is 414 g/mol. The Hall–Kier alpha value is -4.13. The highest BCUT2D eigenvalue weighted by Gasteiger charge is 2.21. The van der Waals surface area contributed by atoms with E-state index in [1.807, 2.05) is 72.3 Å². The molecule has 166 valence electrons. The van der Waals surface area contributed by atoms with E-state index in [-0.39, 0.29) is 17.8 Å². The molecule has 0 radical (unpaired) electrons. The summed E-state index contributed by atoms with van der Waals surface area (Å²) in [5.41, 5.74) is 5.33. The molecule has 0 saturated carbocycles. The van der Waals surface area contributed by atoms with Crippen LogP contribution in [0.5, 0.6) is 0 Å². The van der Waals surface area contributed by atoms with Gasteiger partial charge in [0.15, 0.2) is 11.2 Å². The predicted octanol–water partition coefficient (Wildman–Crippen LogP) is 3.78. The third-order valence-corrected chi connectivity index (χ3v) is 6.24. The maximum atomic E-state index is 13.4. The Morgan fingerprint density at radius 3 is 2.48 bits per heavy atom. The van der Waals surface area contributed by atoms with Crippen LogP contribution in [0.1, 0.15) is 22.4 Å². The number of fused-ring (bicyclic) bond motifs is 3. The van der Waals surface area contributed by atoms with Crippen molar-refractivity contribution in [1.29, 1.82) is 0 Å². The molecule has 0 unspecified atom stereocenters. The topological polar surface area (TPSA) is 66.2 Å². The molecule has 0 bridgehead atoms. The van der Waals surface area contributed by atoms with Gasteiger partial charge < -0.3 is 0 Å². The average Bonchev–Trinajstić information content (AvgIpc) is 3.32. The van der Waals surface area contributed by atoms with E-state index in [9.17, 15) is 9.59 Å². The Labute approximate surface area is 190 Å². The first-order valence-electron chi connectivity index (χ1n) is 10.9. The zero-order chi connectivity index (χ0) is 23.3. The van der Waals surface area contributed by atoms with Crippen LogP contribution in [0.25, 0.3) is 28.7 Å². The van der Waals surface area contributed by atoms with Crippen LogP contribution in [-0.4, -0.2) is 23.1 Å². The molecule has 7 nitrogen and oxygen atoms in total. The highest BCUT2D eigenvalue weighted by atomic mass is 16.2. The van der Waals surface area contributed by atoms with Crippen LogP contribution in [0.15, 0.2) is 70.4 Å². The lowest BCUT2D eigenvalue weighted by atomic mass is 10.1. The number of nitrogens with zero attached hydrogens (tertiary/aromatic N) is 5. The maximum Gasteiger partial charge on any atom is 0.332 e. The average molecular weight is 440 g/mol. The van der Waals surface area contributed by atoms with Crippen molar-refractivity contribution in [2.75, 3.05) is 0 Å². The highest BCUT2D eigenvalue weighted by molar-refractivity contribution is 5.76. The van der Waals surface area contributed by atoms with Gasteiger partial charge in [0.1, 0.15) is 0 Å². The minimum atomic E-state index is -0.388. The van der Waals surface area contributed by atoms with Crippen LogP contribution in [0.3, 0.4) is 0 Å². The molecule has 0 atom stereocenters. The van der Waals surface area contributed by atoms with E-state index in [4.69, 9.17) is 4.98 Å². The first-order chi connectivity index (χ1) is 15.9. The number of rotatable bonds is 4. The van der Waals surface area contributed by atoms with Crippen LogP contribution in [0, 0.1) is 20.8 Å². The predicted molar refractivity (Wildman–Crippen MR) is 131 cm³/mol. The maximum absolute atomic E-state index is 13.4. The normalized spacial score (nSPS) is 11.9. The van der Waals surface area contributed by atoms with Crippen LogP contribution in [0.2, 0.25) is 0 Å². The molecule has 0 aliphatic carbocycles. The van der Waals surface area contributed by atoms with E-state index >= 15 is 0 Å². The molecule has 3 aromatic heterocycles. The Morgan fingerprint density at radius 1 is 0.970 bits per heavy atom. The number of imidazole rings is 2. The van der Waals surface area contributed by atoms with Crippen LogP contribution in [0.4, 0.5) is 0 Å². The standard InChI is InChI=1S/C26H25N5O2/c1-17-10-8-14-21(19(17)3)31-18(2)16-30-22-23(27-25(30)31)28(4)26(33)29(24(22)32)15-9-13-20-11-6-5-7-12-20/h5-14,16H,15H2,1-4H3/b13-9+. The summed E-state index contributed by atoms with van der Waals surface area (Å²) < 4.78 is 6.53. The van der Waals surface area contributed by atoms with Gasteiger partial charge in [-0.15, -0.1) is 0 Å². The van der Waals surface area contributed by atoms with Crippen molar-refractivity contribution in [2.45, 2.75) is 27.3 Å². The SMILES string of the molecule is Cc1cccc(-n2c(C)cn3c4c(=O)n(C/C=C/c5ccccc5)c(=O)n(C)c4nc23)c1C. The molecule has 7 heteroatoms. The van der Waals surface area contributed by atoms with E-state index in [1.165, 1.54) is 14.7 Å². The zero-order valence-electron chi connectivity index (χ0n) is 19.1. The van der Waals surface area contributed by atoms with Crippen LogP contribution in [-0.2, 0) is 13.6 Å². The monoisotopic (exact) mass is 439 g/mol. The number of allylic oxidation sites excluding steroid dienone is 1. The Morgan fingerprint density at radius 2 is 1.73 bits per heavy atom. The van der Waals surface area contributed by atoms with Gasteiger partial charge >= 0.3 is 5.69 Å². The Bertz CT molecular complexity index is 1660. The summed E-state index contributed by atoms with van der Waals surface area (Å²) in [5.74, 6) is 0.612. The van der Waals surface area contributed by atoms with Gasteiger partial charge in [0.05, 0.1) is 5.69 Å². The number of aryl methyl sites for hydroxylation is 3. The van der Waals surface area contributed by atoms with E-state index in [0.717, 1.165) is 22.5 Å². The number of hydrogen-bond donors (Lipinski definition) is 0. The molecule has 0 N–H and O–H groups in total. The lowest BCUT2D eigenvalue weighted by Gasteiger charge is -2.11. The highest BCUT2D eigenvalue weighted by Crippen LogP contribution is 2.24. The molecule has 0 saturated heterocycles. The molecule has 0 aliphatic rings. The first-order valence-corrected chi connectivity index (χ1v) is 10.9. The zero-order valence-corrected chi connectivity index (χ0v) is 19.1. The van der Waals surface area contributed by atoms with E-state index in [1.54, 1.807) is 11.4 Å². The summed E-state index contributed by atoms with van der Waals surface area (Å²) in [6.07, 6.45) is 5.64. The van der Waals surface area contributed by atoms with Gasteiger partial charge in [0.25, 0.3) is 5.56 Å². The molecule has 33 heavy (non-hydrogen) atoms. The van der Waals surface area contributed by atoms with Crippen molar-refractivity contribution in [3.8, 4) is 5.69 Å². The molecule has 2 aromatic carbocycles. The van der Waals surface area contributed by atoms with Gasteiger partial charge in [-0.25, -0.2) is 4.79 Å². The van der Waals surface area contributed by atoms with E-state index < -0.39 is 0 Å². The number of hydrogen-bond acceptors (Lipinski definition) is 3. The minimum absolute atomic E-state index is 0.181. The Kier molecular flexibility index (Phi) is 4.89. The molecule has 0 spiro atoms. The minimum Gasteiger partial charge on any atom is -0.283 e. The fraction of sp³-hybridized carbons (Fsp3) is 0.192. The summed E-state index contributed by atoms with van der Waals surface area (Å²) in [6, 6.07) is 15.9. The molecule has 0 fully saturated rings. The number of benzene rings is 2. The van der Waals surface area contributed by atoms with Gasteiger partial charge in [0, 0.05) is 25.5 Å².